The molecule has 0 aliphatic carbocycles. The zero-order valence-corrected chi connectivity index (χ0v) is 9.63. The molecule has 11 heavy (non-hydrogen) atoms. The second kappa shape index (κ2) is 8.66. The van der Waals surface area contributed by atoms with Gasteiger partial charge < -0.3 is 21.6 Å². The van der Waals surface area contributed by atoms with Crippen LogP contribution in [0.2, 0.25) is 0 Å². The molecule has 66 valence electrons. The van der Waals surface area contributed by atoms with Crippen molar-refractivity contribution in [1.29, 1.82) is 0 Å². The Balaban J connectivity index is -0.0000000533. The zero-order valence-electron chi connectivity index (χ0n) is 9.22. The van der Waals surface area contributed by atoms with Crippen molar-refractivity contribution in [2.24, 2.45) is 0 Å². The summed E-state index contributed by atoms with van der Waals surface area (Å²) in [6.45, 7) is 3.53. The molecule has 0 aromatic heterocycles. The Labute approximate surface area is 87.3 Å². The maximum atomic E-state index is 4.96. The molecule has 0 rings (SSSR count). The van der Waals surface area contributed by atoms with E-state index in [1.165, 1.54) is 0 Å². The minimum atomic E-state index is -2.43. The largest absolute Gasteiger partial charge is 2.00 e. The second-order valence-corrected chi connectivity index (χ2v) is 4.26. The zero-order chi connectivity index (χ0) is 7.33. The van der Waals surface area contributed by atoms with Gasteiger partial charge in [-0.05, 0) is 5.70 Å². The van der Waals surface area contributed by atoms with Crippen LogP contribution in [0.15, 0.2) is 12.3 Å². The van der Waals surface area contributed by atoms with Crippen LogP contribution in [0.4, 0.5) is 0 Å². The van der Waals surface area contributed by atoms with E-state index in [0.717, 1.165) is 0 Å². The Hall–Kier alpha value is 0.563. The van der Waals surface area contributed by atoms with Crippen LogP contribution in [-0.2, 0) is 13.3 Å². The Morgan fingerprint density at radius 1 is 1.18 bits per heavy atom. The van der Waals surface area contributed by atoms with Crippen LogP contribution in [0.5, 0.6) is 0 Å². The van der Waals surface area contributed by atoms with E-state index in [2.05, 4.69) is 6.58 Å². The maximum absolute atomic E-state index is 4.96. The van der Waals surface area contributed by atoms with E-state index in [-0.39, 0.29) is 31.4 Å². The van der Waals surface area contributed by atoms with E-state index in [0.29, 0.717) is 0 Å². The first-order chi connectivity index (χ1) is 4.24. The molecule has 0 unspecified atom stereocenters. The summed E-state index contributed by atoms with van der Waals surface area (Å²) in [7, 11) is 2.20. The Bertz CT molecular complexity index is 96.3. The molecule has 0 aliphatic rings. The van der Waals surface area contributed by atoms with Crippen LogP contribution in [0.1, 0.15) is 2.85 Å². The number of hydrogen-bond acceptors (Lipinski definition) is 3. The minimum absolute atomic E-state index is 0. The molecule has 0 amide bonds. The molecule has 0 saturated carbocycles. The molecule has 2 N–H and O–H groups in total. The van der Waals surface area contributed by atoms with E-state index in [1.807, 2.05) is 0 Å². The molecule has 0 fully saturated rings. The summed E-state index contributed by atoms with van der Waals surface area (Å²) in [5, 5.41) is 0. The van der Waals surface area contributed by atoms with Gasteiger partial charge in [-0.15, -0.1) is 0 Å². The monoisotopic (exact) mass is 192 g/mol. The molecule has 0 atom stereocenters. The van der Waals surface area contributed by atoms with Gasteiger partial charge in [-0.3, -0.25) is 0 Å². The van der Waals surface area contributed by atoms with Crippen molar-refractivity contribution in [1.82, 2.24) is 0 Å². The fraction of sp³-hybridized carbons (Fsp3) is 0.600. The maximum Gasteiger partial charge on any atom is 2.00 e. The molecule has 0 aliphatic heterocycles. The van der Waals surface area contributed by atoms with E-state index in [4.69, 9.17) is 13.3 Å². The van der Waals surface area contributed by atoms with Gasteiger partial charge in [0, 0.05) is 21.3 Å². The van der Waals surface area contributed by atoms with Gasteiger partial charge in [0.15, 0.2) is 0 Å². The van der Waals surface area contributed by atoms with E-state index in [1.54, 1.807) is 27.0 Å². The fourth-order valence-electron chi connectivity index (χ4n) is 0.500. The van der Waals surface area contributed by atoms with Crippen LogP contribution >= 0.6 is 0 Å². The number of rotatable bonds is 4. The Morgan fingerprint density at radius 2 is 1.45 bits per heavy atom. The van der Waals surface area contributed by atoms with Crippen LogP contribution in [0.25, 0.3) is 0 Å². The number of hydrogen-bond donors (Lipinski definition) is 0. The summed E-state index contributed by atoms with van der Waals surface area (Å²) in [5.41, 5.74) is 1.58. The first-order valence-electron chi connectivity index (χ1n) is 2.53. The molecule has 0 aromatic rings. The molecule has 6 heteroatoms. The third kappa shape index (κ3) is 4.91. The van der Waals surface area contributed by atoms with E-state index >= 15 is 0 Å². The molecule has 0 spiro atoms. The van der Waals surface area contributed by atoms with Crippen molar-refractivity contribution < 1.29 is 21.6 Å². The molecule has 0 radical (unpaired) electrons. The third-order valence-electron chi connectivity index (χ3n) is 1.10. The first kappa shape index (κ1) is 17.6. The summed E-state index contributed by atoms with van der Waals surface area (Å²) < 4.78 is 14.9. The van der Waals surface area contributed by atoms with Gasteiger partial charge in [-0.1, -0.05) is 6.58 Å². The summed E-state index contributed by atoms with van der Waals surface area (Å²) in [6.07, 6.45) is 0. The van der Waals surface area contributed by atoms with Crippen molar-refractivity contribution in [3.05, 3.63) is 12.3 Å². The topological polar surface area (TPSA) is 59.2 Å². The molecular weight excluding hydrogens is 176 g/mol. The normalized spacial score (nSPS) is 9.36. The standard InChI is InChI=1S/C5H12O3Si.Mg.H2O.2H/c1-5-9(6-2,7-3)8-4;;;;/h5H,1H2,2-4H3;;1H2;;/q;+2;;2*-1. The Morgan fingerprint density at radius 3 is 1.45 bits per heavy atom. The van der Waals surface area contributed by atoms with Crippen molar-refractivity contribution in [3.8, 4) is 0 Å². The summed E-state index contributed by atoms with van der Waals surface area (Å²) in [4.78, 5) is 0. The average Bonchev–Trinajstić information content (AvgIpc) is 1.95. The van der Waals surface area contributed by atoms with Crippen molar-refractivity contribution in [3.63, 3.8) is 0 Å². The average molecular weight is 193 g/mol. The fourth-order valence-corrected chi connectivity index (χ4v) is 1.50. The predicted octanol–water partition coefficient (Wildman–Crippen LogP) is -0.391. The third-order valence-corrected chi connectivity index (χ3v) is 3.31. The molecular formula is C5H16MgO4Si. The summed E-state index contributed by atoms with van der Waals surface area (Å²) in [5.74, 6) is 0. The van der Waals surface area contributed by atoms with Crippen molar-refractivity contribution in [2.75, 3.05) is 21.3 Å². The van der Waals surface area contributed by atoms with Gasteiger partial charge in [-0.25, -0.2) is 0 Å². The van der Waals surface area contributed by atoms with E-state index < -0.39 is 8.80 Å². The van der Waals surface area contributed by atoms with Gasteiger partial charge in [0.25, 0.3) is 0 Å². The van der Waals surface area contributed by atoms with E-state index in [9.17, 15) is 0 Å². The van der Waals surface area contributed by atoms with Crippen LogP contribution < -0.4 is 0 Å². The summed E-state index contributed by atoms with van der Waals surface area (Å²) in [6, 6.07) is 0. The second-order valence-electron chi connectivity index (χ2n) is 1.42. The quantitative estimate of drug-likeness (QED) is 0.570. The molecule has 0 aromatic carbocycles. The van der Waals surface area contributed by atoms with Gasteiger partial charge >= 0.3 is 31.9 Å². The minimum Gasteiger partial charge on any atom is -1.00 e. The van der Waals surface area contributed by atoms with Gasteiger partial charge in [0.2, 0.25) is 0 Å². The van der Waals surface area contributed by atoms with Gasteiger partial charge in [0.1, 0.15) is 0 Å². The Kier molecular flexibility index (Phi) is 13.8. The van der Waals surface area contributed by atoms with Crippen LogP contribution in [-0.4, -0.2) is 58.7 Å². The molecule has 0 saturated heterocycles. The predicted molar refractivity (Wildman–Crippen MR) is 48.6 cm³/mol. The smallest absolute Gasteiger partial charge is 1.00 e. The first-order valence-corrected chi connectivity index (χ1v) is 4.34. The van der Waals surface area contributed by atoms with Crippen molar-refractivity contribution in [2.45, 2.75) is 0 Å². The molecule has 0 bridgehead atoms. The van der Waals surface area contributed by atoms with Crippen molar-refractivity contribution >= 4 is 31.9 Å². The van der Waals surface area contributed by atoms with Gasteiger partial charge in [-0.2, -0.15) is 0 Å². The van der Waals surface area contributed by atoms with Gasteiger partial charge in [0.05, 0.1) is 0 Å². The van der Waals surface area contributed by atoms with Crippen LogP contribution in [0.3, 0.4) is 0 Å². The SMILES string of the molecule is C=C[Si](OC)(OC)OC.O.[H-].[H-].[Mg+2]. The van der Waals surface area contributed by atoms with Crippen LogP contribution in [0, 0.1) is 0 Å². The summed E-state index contributed by atoms with van der Waals surface area (Å²) >= 11 is 0. The molecule has 4 nitrogen and oxygen atoms in total. The molecule has 0 heterocycles.